The van der Waals surface area contributed by atoms with Crippen molar-refractivity contribution in [2.75, 3.05) is 39.8 Å². The average molecular weight is 397 g/mol. The Bertz CT molecular complexity index is 844. The minimum absolute atomic E-state index is 0.0269. The van der Waals surface area contributed by atoms with Crippen molar-refractivity contribution in [2.24, 2.45) is 7.05 Å². The zero-order chi connectivity index (χ0) is 18.7. The molecule has 26 heavy (non-hydrogen) atoms. The number of aryl methyl sites for hydroxylation is 1. The highest BCUT2D eigenvalue weighted by Gasteiger charge is 2.27. The summed E-state index contributed by atoms with van der Waals surface area (Å²) in [5.41, 5.74) is 1.09. The first kappa shape index (κ1) is 19.4. The Hall–Kier alpha value is -1.38. The molecule has 0 aliphatic carbocycles. The third-order valence-corrected chi connectivity index (χ3v) is 6.82. The first-order valence-corrected chi connectivity index (χ1v) is 10.5. The van der Waals surface area contributed by atoms with Crippen LogP contribution in [-0.2, 0) is 17.1 Å². The predicted octanol–water partition coefficient (Wildman–Crippen LogP) is 1.95. The Morgan fingerprint density at radius 3 is 2.38 bits per heavy atom. The Morgan fingerprint density at radius 2 is 1.77 bits per heavy atom. The van der Waals surface area contributed by atoms with Crippen LogP contribution < -0.4 is 4.72 Å². The number of halogens is 1. The van der Waals surface area contributed by atoms with Gasteiger partial charge in [0.25, 0.3) is 0 Å². The monoisotopic (exact) mass is 396 g/mol. The lowest BCUT2D eigenvalue weighted by atomic mass is 10.1. The molecule has 1 unspecified atom stereocenters. The molecule has 2 heterocycles. The molecule has 3 rings (SSSR count). The number of aromatic nitrogens is 1. The van der Waals surface area contributed by atoms with E-state index in [2.05, 4.69) is 21.6 Å². The molecule has 1 aliphatic heterocycles. The molecule has 1 aliphatic rings. The van der Waals surface area contributed by atoms with Crippen LogP contribution in [0.5, 0.6) is 0 Å². The van der Waals surface area contributed by atoms with Crippen LogP contribution in [0.3, 0.4) is 0 Å². The van der Waals surface area contributed by atoms with Crippen molar-refractivity contribution in [3.05, 3.63) is 53.3 Å². The lowest BCUT2D eigenvalue weighted by Gasteiger charge is -2.38. The maximum absolute atomic E-state index is 12.7. The number of benzene rings is 1. The highest BCUT2D eigenvalue weighted by molar-refractivity contribution is 7.89. The molecule has 0 saturated carbocycles. The van der Waals surface area contributed by atoms with E-state index in [1.165, 1.54) is 6.07 Å². The molecule has 1 aromatic carbocycles. The molecule has 0 spiro atoms. The lowest BCUT2D eigenvalue weighted by Crippen LogP contribution is -2.48. The molecule has 1 saturated heterocycles. The minimum atomic E-state index is -3.67. The van der Waals surface area contributed by atoms with E-state index in [1.807, 2.05) is 29.9 Å². The van der Waals surface area contributed by atoms with Crippen molar-refractivity contribution in [2.45, 2.75) is 10.9 Å². The van der Waals surface area contributed by atoms with Crippen LogP contribution in [-0.4, -0.2) is 62.6 Å². The van der Waals surface area contributed by atoms with E-state index >= 15 is 0 Å². The summed E-state index contributed by atoms with van der Waals surface area (Å²) in [4.78, 5) is 4.74. The van der Waals surface area contributed by atoms with Gasteiger partial charge in [0, 0.05) is 51.7 Å². The van der Waals surface area contributed by atoms with Crippen molar-refractivity contribution in [1.29, 1.82) is 0 Å². The Balaban J connectivity index is 1.80. The van der Waals surface area contributed by atoms with Crippen LogP contribution in [0.15, 0.2) is 47.5 Å². The van der Waals surface area contributed by atoms with E-state index in [0.717, 1.165) is 31.9 Å². The first-order valence-electron chi connectivity index (χ1n) is 8.66. The summed E-state index contributed by atoms with van der Waals surface area (Å²) in [6.07, 6.45) is 1.99. The van der Waals surface area contributed by atoms with Crippen molar-refractivity contribution < 1.29 is 8.42 Å². The van der Waals surface area contributed by atoms with Crippen molar-refractivity contribution in [1.82, 2.24) is 19.1 Å². The number of sulfonamides is 1. The fourth-order valence-electron chi connectivity index (χ4n) is 3.30. The maximum atomic E-state index is 12.7. The van der Waals surface area contributed by atoms with Crippen LogP contribution in [0.25, 0.3) is 0 Å². The van der Waals surface area contributed by atoms with Gasteiger partial charge in [-0.15, -0.1) is 0 Å². The number of likely N-dealkylation sites (N-methyl/N-ethyl adjacent to an activating group) is 1. The van der Waals surface area contributed by atoms with E-state index < -0.39 is 10.0 Å². The predicted molar refractivity (Wildman–Crippen MR) is 104 cm³/mol. The summed E-state index contributed by atoms with van der Waals surface area (Å²) >= 11 is 6.07. The third-order valence-electron chi connectivity index (χ3n) is 4.90. The van der Waals surface area contributed by atoms with E-state index in [-0.39, 0.29) is 16.0 Å². The molecule has 142 valence electrons. The summed E-state index contributed by atoms with van der Waals surface area (Å²) in [7, 11) is 0.426. The molecule has 1 N–H and O–H groups in total. The number of piperazine rings is 1. The highest BCUT2D eigenvalue weighted by atomic mass is 35.5. The summed E-state index contributed by atoms with van der Waals surface area (Å²) in [5, 5.41) is 0.231. The minimum Gasteiger partial charge on any atom is -0.353 e. The van der Waals surface area contributed by atoms with Gasteiger partial charge < -0.3 is 9.47 Å². The maximum Gasteiger partial charge on any atom is 0.242 e. The second kappa shape index (κ2) is 8.10. The van der Waals surface area contributed by atoms with Crippen LogP contribution in [0, 0.1) is 0 Å². The normalized spacial score (nSPS) is 18.1. The second-order valence-corrected chi connectivity index (χ2v) is 8.82. The Kier molecular flexibility index (Phi) is 6.04. The first-order chi connectivity index (χ1) is 12.4. The van der Waals surface area contributed by atoms with Crippen LogP contribution in [0.4, 0.5) is 0 Å². The second-order valence-electron chi connectivity index (χ2n) is 6.68. The molecule has 1 aromatic heterocycles. The number of hydrogen-bond acceptors (Lipinski definition) is 4. The molecule has 8 heteroatoms. The van der Waals surface area contributed by atoms with Gasteiger partial charge in [-0.2, -0.15) is 0 Å². The number of nitrogens with zero attached hydrogens (tertiary/aromatic N) is 3. The number of nitrogens with one attached hydrogen (secondary N) is 1. The zero-order valence-corrected chi connectivity index (χ0v) is 16.7. The van der Waals surface area contributed by atoms with Crippen LogP contribution in [0.2, 0.25) is 5.02 Å². The summed E-state index contributed by atoms with van der Waals surface area (Å²) in [5.74, 6) is 0. The fraction of sp³-hybridized carbons (Fsp3) is 0.444. The van der Waals surface area contributed by atoms with Gasteiger partial charge in [0.1, 0.15) is 4.90 Å². The van der Waals surface area contributed by atoms with E-state index in [1.54, 1.807) is 18.2 Å². The van der Waals surface area contributed by atoms with E-state index in [0.29, 0.717) is 6.54 Å². The van der Waals surface area contributed by atoms with Crippen molar-refractivity contribution in [3.63, 3.8) is 0 Å². The number of rotatable bonds is 6. The summed E-state index contributed by atoms with van der Waals surface area (Å²) in [6, 6.07) is 10.5. The standard InChI is InChI=1S/C18H25ClN4O2S/c1-21-10-12-23(13-11-21)17(16-7-5-9-22(16)2)14-20-26(24,25)18-8-4-3-6-15(18)19/h3-9,17,20H,10-14H2,1-2H3. The third kappa shape index (κ3) is 4.29. The van der Waals surface area contributed by atoms with Gasteiger partial charge in [-0.1, -0.05) is 23.7 Å². The summed E-state index contributed by atoms with van der Waals surface area (Å²) in [6.45, 7) is 4.05. The van der Waals surface area contributed by atoms with Crippen LogP contribution in [0.1, 0.15) is 11.7 Å². The largest absolute Gasteiger partial charge is 0.353 e. The van der Waals surface area contributed by atoms with Gasteiger partial charge in [0.2, 0.25) is 10.0 Å². The molecule has 0 bridgehead atoms. The van der Waals surface area contributed by atoms with E-state index in [9.17, 15) is 8.42 Å². The molecule has 2 aromatic rings. The van der Waals surface area contributed by atoms with E-state index in [4.69, 9.17) is 11.6 Å². The molecule has 0 amide bonds. The van der Waals surface area contributed by atoms with Crippen molar-refractivity contribution in [3.8, 4) is 0 Å². The zero-order valence-electron chi connectivity index (χ0n) is 15.1. The van der Waals surface area contributed by atoms with Crippen molar-refractivity contribution >= 4 is 21.6 Å². The Morgan fingerprint density at radius 1 is 1.08 bits per heavy atom. The molecular formula is C18H25ClN4O2S. The topological polar surface area (TPSA) is 57.6 Å². The van der Waals surface area contributed by atoms with Gasteiger partial charge in [0.05, 0.1) is 11.1 Å². The average Bonchev–Trinajstić information content (AvgIpc) is 3.03. The SMILES string of the molecule is CN1CCN(C(CNS(=O)(=O)c2ccccc2Cl)c2cccn2C)CC1. The quantitative estimate of drug-likeness (QED) is 0.810. The Labute approximate surface area is 160 Å². The lowest BCUT2D eigenvalue weighted by molar-refractivity contribution is 0.109. The van der Waals surface area contributed by atoms with Gasteiger partial charge >= 0.3 is 0 Å². The number of hydrogen-bond donors (Lipinski definition) is 1. The van der Waals surface area contributed by atoms with Gasteiger partial charge in [-0.25, -0.2) is 13.1 Å². The smallest absolute Gasteiger partial charge is 0.242 e. The molecular weight excluding hydrogens is 372 g/mol. The highest BCUT2D eigenvalue weighted by Crippen LogP contribution is 2.24. The van der Waals surface area contributed by atoms with Crippen LogP contribution >= 0.6 is 11.6 Å². The molecule has 1 atom stereocenters. The fourth-order valence-corrected chi connectivity index (χ4v) is 4.86. The molecule has 0 radical (unpaired) electrons. The van der Waals surface area contributed by atoms with Gasteiger partial charge in [-0.05, 0) is 31.3 Å². The molecule has 1 fully saturated rings. The summed E-state index contributed by atoms with van der Waals surface area (Å²) < 4.78 is 30.2. The molecule has 6 nitrogen and oxygen atoms in total. The van der Waals surface area contributed by atoms with Gasteiger partial charge in [0.15, 0.2) is 0 Å². The van der Waals surface area contributed by atoms with Gasteiger partial charge in [-0.3, -0.25) is 4.90 Å².